The number of hydrogen-bond donors (Lipinski definition) is 1. The van der Waals surface area contributed by atoms with Crippen LogP contribution >= 0.6 is 11.8 Å². The van der Waals surface area contributed by atoms with E-state index in [4.69, 9.17) is 0 Å². The van der Waals surface area contributed by atoms with Crippen LogP contribution in [0.25, 0.3) is 17.1 Å². The van der Waals surface area contributed by atoms with Gasteiger partial charge in [-0.3, -0.25) is 9.36 Å². The summed E-state index contributed by atoms with van der Waals surface area (Å²) in [5.41, 5.74) is 2.92. The zero-order valence-corrected chi connectivity index (χ0v) is 20.3. The second kappa shape index (κ2) is 11.2. The number of rotatable bonds is 8. The van der Waals surface area contributed by atoms with Gasteiger partial charge >= 0.3 is 0 Å². The number of thioether (sulfide) groups is 1. The average Bonchev–Trinajstić information content (AvgIpc) is 3.36. The van der Waals surface area contributed by atoms with Gasteiger partial charge in [0.1, 0.15) is 5.82 Å². The topological polar surface area (TPSA) is 75.9 Å². The van der Waals surface area contributed by atoms with E-state index in [0.29, 0.717) is 11.7 Å². The van der Waals surface area contributed by atoms with E-state index in [2.05, 4.69) is 31.5 Å². The lowest BCUT2D eigenvalue weighted by molar-refractivity contribution is -0.118. The number of anilines is 1. The molecule has 0 aliphatic carbocycles. The minimum atomic E-state index is -0.0565. The highest BCUT2D eigenvalue weighted by atomic mass is 32.2. The summed E-state index contributed by atoms with van der Waals surface area (Å²) in [6, 6.07) is 24.0. The lowest BCUT2D eigenvalue weighted by atomic mass is 10.1. The van der Waals surface area contributed by atoms with Gasteiger partial charge in [-0.15, -0.1) is 10.2 Å². The molecule has 3 heterocycles. The molecule has 0 saturated carbocycles. The molecule has 0 radical (unpaired) electrons. The summed E-state index contributed by atoms with van der Waals surface area (Å²) in [6.07, 6.45) is 5.60. The van der Waals surface area contributed by atoms with E-state index < -0.39 is 0 Å². The van der Waals surface area contributed by atoms with Crippen molar-refractivity contribution in [2.75, 3.05) is 23.7 Å². The molecule has 0 spiro atoms. The second-order valence-electron chi connectivity index (χ2n) is 8.48. The molecule has 2 aromatic heterocycles. The third kappa shape index (κ3) is 5.71. The number of benzene rings is 2. The molecule has 0 atom stereocenters. The maximum atomic E-state index is 12.6. The Morgan fingerprint density at radius 3 is 2.34 bits per heavy atom. The number of amides is 1. The van der Waals surface area contributed by atoms with Crippen LogP contribution in [0.5, 0.6) is 0 Å². The number of nitrogens with one attached hydrogen (secondary N) is 1. The molecular formula is C27H28N6OS. The number of pyridine rings is 1. The van der Waals surface area contributed by atoms with E-state index in [-0.39, 0.29) is 11.7 Å². The predicted molar refractivity (Wildman–Crippen MR) is 140 cm³/mol. The van der Waals surface area contributed by atoms with Crippen molar-refractivity contribution in [3.63, 3.8) is 0 Å². The van der Waals surface area contributed by atoms with E-state index in [1.807, 2.05) is 77.5 Å². The van der Waals surface area contributed by atoms with Crippen molar-refractivity contribution in [2.45, 2.75) is 31.0 Å². The second-order valence-corrected chi connectivity index (χ2v) is 9.42. The zero-order chi connectivity index (χ0) is 23.9. The predicted octanol–water partition coefficient (Wildman–Crippen LogP) is 4.73. The van der Waals surface area contributed by atoms with Crippen LogP contribution in [-0.2, 0) is 11.3 Å². The largest absolute Gasteiger partial charge is 0.357 e. The van der Waals surface area contributed by atoms with Gasteiger partial charge in [0.25, 0.3) is 0 Å². The number of piperidine rings is 1. The first-order valence-corrected chi connectivity index (χ1v) is 12.9. The minimum absolute atomic E-state index is 0.0565. The molecule has 2 aromatic carbocycles. The van der Waals surface area contributed by atoms with Crippen molar-refractivity contribution >= 4 is 23.5 Å². The van der Waals surface area contributed by atoms with E-state index in [0.717, 1.165) is 41.5 Å². The Labute approximate surface area is 209 Å². The SMILES string of the molecule is O=C(CSc1nnc(-c2ccccc2)n1-c1ccccc1)NCc1ccc(N2CCCCC2)nc1. The normalized spacial score (nSPS) is 13.5. The highest BCUT2D eigenvalue weighted by Gasteiger charge is 2.17. The van der Waals surface area contributed by atoms with Gasteiger partial charge in [0, 0.05) is 37.1 Å². The fourth-order valence-corrected chi connectivity index (χ4v) is 4.94. The number of nitrogens with zero attached hydrogens (tertiary/aromatic N) is 5. The zero-order valence-electron chi connectivity index (χ0n) is 19.5. The lowest BCUT2D eigenvalue weighted by Gasteiger charge is -2.27. The first kappa shape index (κ1) is 23.1. The molecule has 8 heteroatoms. The summed E-state index contributed by atoms with van der Waals surface area (Å²) >= 11 is 1.38. The summed E-state index contributed by atoms with van der Waals surface area (Å²) in [5, 5.41) is 12.5. The molecular weight excluding hydrogens is 456 g/mol. The molecule has 1 aliphatic rings. The molecule has 5 rings (SSSR count). The average molecular weight is 485 g/mol. The van der Waals surface area contributed by atoms with Gasteiger partial charge in [0.15, 0.2) is 11.0 Å². The summed E-state index contributed by atoms with van der Waals surface area (Å²) in [5.74, 6) is 1.96. The van der Waals surface area contributed by atoms with Crippen LogP contribution in [0.2, 0.25) is 0 Å². The molecule has 178 valence electrons. The quantitative estimate of drug-likeness (QED) is 0.365. The lowest BCUT2D eigenvalue weighted by Crippen LogP contribution is -2.30. The Morgan fingerprint density at radius 2 is 1.63 bits per heavy atom. The molecule has 35 heavy (non-hydrogen) atoms. The van der Waals surface area contributed by atoms with Crippen molar-refractivity contribution < 1.29 is 4.79 Å². The van der Waals surface area contributed by atoms with Gasteiger partial charge in [-0.25, -0.2) is 4.98 Å². The molecule has 7 nitrogen and oxygen atoms in total. The van der Waals surface area contributed by atoms with Gasteiger partial charge in [-0.1, -0.05) is 66.4 Å². The molecule has 0 unspecified atom stereocenters. The Hall–Kier alpha value is -3.65. The van der Waals surface area contributed by atoms with Crippen LogP contribution in [0.4, 0.5) is 5.82 Å². The van der Waals surface area contributed by atoms with Crippen LogP contribution in [0.15, 0.2) is 84.1 Å². The summed E-state index contributed by atoms with van der Waals surface area (Å²) < 4.78 is 2.00. The minimum Gasteiger partial charge on any atom is -0.357 e. The third-order valence-electron chi connectivity index (χ3n) is 5.99. The van der Waals surface area contributed by atoms with Crippen LogP contribution in [0.1, 0.15) is 24.8 Å². The number of aromatic nitrogens is 4. The van der Waals surface area contributed by atoms with Gasteiger partial charge in [0.2, 0.25) is 5.91 Å². The van der Waals surface area contributed by atoms with Crippen molar-refractivity contribution in [2.24, 2.45) is 0 Å². The number of hydrogen-bond acceptors (Lipinski definition) is 6. The fraction of sp³-hybridized carbons (Fsp3) is 0.259. The van der Waals surface area contributed by atoms with E-state index >= 15 is 0 Å². The fourth-order valence-electron chi connectivity index (χ4n) is 4.16. The Bertz CT molecular complexity index is 1240. The highest BCUT2D eigenvalue weighted by Crippen LogP contribution is 2.27. The van der Waals surface area contributed by atoms with Crippen LogP contribution < -0.4 is 10.2 Å². The molecule has 1 aliphatic heterocycles. The summed E-state index contributed by atoms with van der Waals surface area (Å²) in [4.78, 5) is 19.5. The monoisotopic (exact) mass is 484 g/mol. The standard InChI is InChI=1S/C27H28N6OS/c34-25(29-19-21-14-15-24(28-18-21)32-16-8-3-9-17-32)20-35-27-31-30-26(22-10-4-1-5-11-22)33(27)23-12-6-2-7-13-23/h1-2,4-7,10-15,18H,3,8-9,16-17,19-20H2,(H,29,34). The third-order valence-corrected chi connectivity index (χ3v) is 6.92. The van der Waals surface area contributed by atoms with Crippen molar-refractivity contribution in [3.05, 3.63) is 84.6 Å². The molecule has 1 saturated heterocycles. The first-order chi connectivity index (χ1) is 17.3. The summed E-state index contributed by atoms with van der Waals surface area (Å²) in [6.45, 7) is 2.59. The van der Waals surface area contributed by atoms with Gasteiger partial charge in [-0.05, 0) is 43.0 Å². The van der Waals surface area contributed by atoms with Crippen molar-refractivity contribution in [3.8, 4) is 17.1 Å². The summed E-state index contributed by atoms with van der Waals surface area (Å²) in [7, 11) is 0. The number of para-hydroxylation sites is 1. The molecule has 1 fully saturated rings. The van der Waals surface area contributed by atoms with Gasteiger partial charge < -0.3 is 10.2 Å². The Kier molecular flexibility index (Phi) is 7.38. The molecule has 0 bridgehead atoms. The highest BCUT2D eigenvalue weighted by molar-refractivity contribution is 7.99. The molecule has 1 amide bonds. The Balaban J connectivity index is 1.22. The van der Waals surface area contributed by atoms with Crippen LogP contribution in [0.3, 0.4) is 0 Å². The van der Waals surface area contributed by atoms with E-state index in [9.17, 15) is 4.79 Å². The maximum absolute atomic E-state index is 12.6. The van der Waals surface area contributed by atoms with E-state index in [1.54, 1.807) is 0 Å². The van der Waals surface area contributed by atoms with Gasteiger partial charge in [0.05, 0.1) is 5.75 Å². The van der Waals surface area contributed by atoms with E-state index in [1.165, 1.54) is 31.0 Å². The van der Waals surface area contributed by atoms with Crippen molar-refractivity contribution in [1.29, 1.82) is 0 Å². The number of carbonyl (C=O) groups is 1. The smallest absolute Gasteiger partial charge is 0.230 e. The first-order valence-electron chi connectivity index (χ1n) is 11.9. The number of carbonyl (C=O) groups excluding carboxylic acids is 1. The van der Waals surface area contributed by atoms with Crippen molar-refractivity contribution in [1.82, 2.24) is 25.1 Å². The van der Waals surface area contributed by atoms with Gasteiger partial charge in [-0.2, -0.15) is 0 Å². The molecule has 4 aromatic rings. The van der Waals surface area contributed by atoms with Crippen LogP contribution in [0, 0.1) is 0 Å². The van der Waals surface area contributed by atoms with Crippen LogP contribution in [-0.4, -0.2) is 44.5 Å². The molecule has 1 N–H and O–H groups in total. The maximum Gasteiger partial charge on any atom is 0.230 e. The Morgan fingerprint density at radius 1 is 0.886 bits per heavy atom.